The van der Waals surface area contributed by atoms with Crippen molar-refractivity contribution in [3.05, 3.63) is 35.9 Å². The molecule has 2 aliphatic rings. The van der Waals surface area contributed by atoms with Gasteiger partial charge in [-0.1, -0.05) is 24.6 Å². The van der Waals surface area contributed by atoms with Crippen LogP contribution in [0.5, 0.6) is 0 Å². The monoisotopic (exact) mass is 302 g/mol. The molecule has 0 aromatic heterocycles. The number of hydrogen-bond donors (Lipinski definition) is 3. The number of amides is 2. The lowest BCUT2D eigenvalue weighted by Gasteiger charge is -2.25. The number of carbonyl (C=O) groups is 2. The molecule has 2 saturated carbocycles. The highest BCUT2D eigenvalue weighted by Gasteiger charge is 2.40. The van der Waals surface area contributed by atoms with E-state index in [1.54, 1.807) is 24.3 Å². The average molecular weight is 302 g/mol. The largest absolute Gasteiger partial charge is 0.394 e. The van der Waals surface area contributed by atoms with Gasteiger partial charge in [0.15, 0.2) is 0 Å². The lowest BCUT2D eigenvalue weighted by molar-refractivity contribution is -0.124. The quantitative estimate of drug-likeness (QED) is 0.761. The van der Waals surface area contributed by atoms with Crippen LogP contribution in [-0.4, -0.2) is 35.6 Å². The van der Waals surface area contributed by atoms with Crippen molar-refractivity contribution in [2.24, 2.45) is 11.8 Å². The first-order chi connectivity index (χ1) is 10.7. The van der Waals surface area contributed by atoms with Crippen molar-refractivity contribution >= 4 is 11.8 Å². The third-order valence-corrected chi connectivity index (χ3v) is 4.91. The van der Waals surface area contributed by atoms with Gasteiger partial charge < -0.3 is 15.7 Å². The van der Waals surface area contributed by atoms with Crippen molar-refractivity contribution in [2.45, 2.75) is 37.8 Å². The summed E-state index contributed by atoms with van der Waals surface area (Å²) in [6, 6.07) is 8.01. The molecule has 0 heterocycles. The van der Waals surface area contributed by atoms with Crippen LogP contribution >= 0.6 is 0 Å². The molecule has 1 aromatic carbocycles. The predicted octanol–water partition coefficient (Wildman–Crippen LogP) is 1.08. The summed E-state index contributed by atoms with van der Waals surface area (Å²) in [5, 5.41) is 15.0. The second-order valence-corrected chi connectivity index (χ2v) is 6.36. The molecule has 3 rings (SSSR count). The highest BCUT2D eigenvalue weighted by Crippen LogP contribution is 2.44. The van der Waals surface area contributed by atoms with Crippen molar-refractivity contribution in [1.29, 1.82) is 0 Å². The molecule has 3 unspecified atom stereocenters. The molecule has 2 aliphatic carbocycles. The maximum Gasteiger partial charge on any atom is 0.251 e. The van der Waals surface area contributed by atoms with Crippen LogP contribution in [0.1, 0.15) is 36.0 Å². The molecule has 5 heteroatoms. The lowest BCUT2D eigenvalue weighted by Crippen LogP contribution is -2.52. The standard InChI is InChI=1S/C17H22N2O3/c20-10-15(19-16(21)12-4-2-1-3-5-12)17(22)18-14-9-11-6-7-13(14)8-11/h1-5,11,13-15,20H,6-10H2,(H,18,22)(H,19,21)/t11?,13?,14?,15-/m0/s1. The fraction of sp³-hybridized carbons (Fsp3) is 0.529. The number of rotatable bonds is 5. The fourth-order valence-corrected chi connectivity index (χ4v) is 3.73. The van der Waals surface area contributed by atoms with Gasteiger partial charge in [0.05, 0.1) is 6.61 Å². The van der Waals surface area contributed by atoms with Gasteiger partial charge in [-0.2, -0.15) is 0 Å². The Kier molecular flexibility index (Phi) is 4.43. The molecule has 0 saturated heterocycles. The molecule has 5 nitrogen and oxygen atoms in total. The van der Waals surface area contributed by atoms with Crippen molar-refractivity contribution in [1.82, 2.24) is 10.6 Å². The Morgan fingerprint density at radius 1 is 1.18 bits per heavy atom. The van der Waals surface area contributed by atoms with Crippen LogP contribution < -0.4 is 10.6 Å². The van der Waals surface area contributed by atoms with Crippen LogP contribution in [0.3, 0.4) is 0 Å². The summed E-state index contributed by atoms with van der Waals surface area (Å²) in [4.78, 5) is 24.4. The number of hydrogen-bond acceptors (Lipinski definition) is 3. The molecule has 0 spiro atoms. The molecule has 0 radical (unpaired) electrons. The summed E-state index contributed by atoms with van der Waals surface area (Å²) in [7, 11) is 0. The van der Waals surface area contributed by atoms with E-state index in [2.05, 4.69) is 10.6 Å². The molecule has 2 amide bonds. The smallest absolute Gasteiger partial charge is 0.251 e. The molecule has 118 valence electrons. The first-order valence-electron chi connectivity index (χ1n) is 7.94. The van der Waals surface area contributed by atoms with E-state index in [0.717, 1.165) is 12.3 Å². The van der Waals surface area contributed by atoms with Crippen LogP contribution in [0.2, 0.25) is 0 Å². The Morgan fingerprint density at radius 2 is 1.95 bits per heavy atom. The molecule has 0 aliphatic heterocycles. The summed E-state index contributed by atoms with van der Waals surface area (Å²) >= 11 is 0. The third kappa shape index (κ3) is 3.14. The van der Waals surface area contributed by atoms with Crippen LogP contribution in [0.15, 0.2) is 30.3 Å². The molecule has 22 heavy (non-hydrogen) atoms. The van der Waals surface area contributed by atoms with Gasteiger partial charge in [0.2, 0.25) is 5.91 Å². The second kappa shape index (κ2) is 6.48. The zero-order chi connectivity index (χ0) is 15.5. The highest BCUT2D eigenvalue weighted by molar-refractivity contribution is 5.97. The van der Waals surface area contributed by atoms with Gasteiger partial charge in [-0.25, -0.2) is 0 Å². The van der Waals surface area contributed by atoms with Crippen molar-refractivity contribution < 1.29 is 14.7 Å². The summed E-state index contributed by atoms with van der Waals surface area (Å²) in [5.41, 5.74) is 0.480. The topological polar surface area (TPSA) is 78.4 Å². The SMILES string of the molecule is O=C(N[C@@H](CO)C(=O)NC1CC2CCC1C2)c1ccccc1. The zero-order valence-electron chi connectivity index (χ0n) is 12.5. The maximum atomic E-state index is 12.3. The van der Waals surface area contributed by atoms with Crippen molar-refractivity contribution in [2.75, 3.05) is 6.61 Å². The maximum absolute atomic E-state index is 12.3. The normalized spacial score (nSPS) is 27.4. The molecule has 3 N–H and O–H groups in total. The zero-order valence-corrected chi connectivity index (χ0v) is 12.5. The Morgan fingerprint density at radius 3 is 2.55 bits per heavy atom. The van der Waals surface area contributed by atoms with Crippen molar-refractivity contribution in [3.63, 3.8) is 0 Å². The number of benzene rings is 1. The molecular formula is C17H22N2O3. The van der Waals surface area contributed by atoms with Gasteiger partial charge in [0.1, 0.15) is 6.04 Å². The van der Waals surface area contributed by atoms with Crippen LogP contribution in [-0.2, 0) is 4.79 Å². The van der Waals surface area contributed by atoms with E-state index < -0.39 is 12.6 Å². The average Bonchev–Trinajstić information content (AvgIpc) is 3.15. The van der Waals surface area contributed by atoms with Gasteiger partial charge in [-0.15, -0.1) is 0 Å². The molecule has 2 bridgehead atoms. The minimum Gasteiger partial charge on any atom is -0.394 e. The second-order valence-electron chi connectivity index (χ2n) is 6.36. The summed E-state index contributed by atoms with van der Waals surface area (Å²) in [6.07, 6.45) is 4.67. The molecular weight excluding hydrogens is 280 g/mol. The van der Waals surface area contributed by atoms with Crippen LogP contribution in [0.4, 0.5) is 0 Å². The predicted molar refractivity (Wildman–Crippen MR) is 82.2 cm³/mol. The molecule has 4 atom stereocenters. The Labute approximate surface area is 130 Å². The molecule has 2 fully saturated rings. The number of carbonyl (C=O) groups excluding carboxylic acids is 2. The van der Waals surface area contributed by atoms with Gasteiger partial charge in [0.25, 0.3) is 5.91 Å². The Hall–Kier alpha value is -1.88. The minimum absolute atomic E-state index is 0.203. The summed E-state index contributed by atoms with van der Waals surface area (Å²) < 4.78 is 0. The number of fused-ring (bicyclic) bond motifs is 2. The first-order valence-corrected chi connectivity index (χ1v) is 7.94. The van der Waals surface area contributed by atoms with E-state index in [1.165, 1.54) is 19.3 Å². The van der Waals surface area contributed by atoms with Gasteiger partial charge in [-0.05, 0) is 43.2 Å². The van der Waals surface area contributed by atoms with E-state index in [-0.39, 0.29) is 17.9 Å². The number of nitrogens with one attached hydrogen (secondary N) is 2. The van der Waals surface area contributed by atoms with Gasteiger partial charge >= 0.3 is 0 Å². The summed E-state index contributed by atoms with van der Waals surface area (Å²) in [6.45, 7) is -0.398. The lowest BCUT2D eigenvalue weighted by atomic mass is 9.95. The number of aliphatic hydroxyl groups excluding tert-OH is 1. The van der Waals surface area contributed by atoms with Gasteiger partial charge in [-0.3, -0.25) is 9.59 Å². The Balaban J connectivity index is 1.56. The van der Waals surface area contributed by atoms with E-state index >= 15 is 0 Å². The van der Waals surface area contributed by atoms with E-state index in [1.807, 2.05) is 6.07 Å². The molecule has 1 aromatic rings. The van der Waals surface area contributed by atoms with E-state index in [9.17, 15) is 14.7 Å². The first kappa shape index (κ1) is 15.0. The highest BCUT2D eigenvalue weighted by atomic mass is 16.3. The third-order valence-electron chi connectivity index (χ3n) is 4.91. The van der Waals surface area contributed by atoms with Crippen LogP contribution in [0, 0.1) is 11.8 Å². The number of aliphatic hydroxyl groups is 1. The Bertz CT molecular complexity index is 546. The fourth-order valence-electron chi connectivity index (χ4n) is 3.73. The van der Waals surface area contributed by atoms with Crippen molar-refractivity contribution in [3.8, 4) is 0 Å². The van der Waals surface area contributed by atoms with E-state index in [0.29, 0.717) is 11.5 Å². The summed E-state index contributed by atoms with van der Waals surface area (Å²) in [5.74, 6) is 0.673. The van der Waals surface area contributed by atoms with Crippen LogP contribution in [0.25, 0.3) is 0 Å². The van der Waals surface area contributed by atoms with E-state index in [4.69, 9.17) is 0 Å². The van der Waals surface area contributed by atoms with Gasteiger partial charge in [0, 0.05) is 11.6 Å². The minimum atomic E-state index is -0.896.